The quantitative estimate of drug-likeness (QED) is 0.370. The van der Waals surface area contributed by atoms with Gasteiger partial charge in [-0.3, -0.25) is 4.79 Å². The number of fused-ring (bicyclic) bond motifs is 2. The molecular formula is C20H16N6O2S2. The largest absolute Gasteiger partial charge is 0.416 e. The van der Waals surface area contributed by atoms with Crippen molar-refractivity contribution >= 4 is 55.4 Å². The van der Waals surface area contributed by atoms with E-state index in [1.54, 1.807) is 0 Å². The van der Waals surface area contributed by atoms with Gasteiger partial charge in [0.05, 0.1) is 27.0 Å². The molecule has 2 aromatic carbocycles. The third kappa shape index (κ3) is 4.19. The lowest BCUT2D eigenvalue weighted by Gasteiger charge is -1.98. The molecule has 0 unspecified atom stereocenters. The zero-order valence-corrected chi connectivity index (χ0v) is 17.3. The second-order valence-electron chi connectivity index (χ2n) is 6.49. The van der Waals surface area contributed by atoms with Crippen molar-refractivity contribution in [1.82, 2.24) is 25.1 Å². The molecule has 0 aliphatic carbocycles. The van der Waals surface area contributed by atoms with Crippen LogP contribution < -0.4 is 5.32 Å². The number of rotatable bonds is 7. The van der Waals surface area contributed by atoms with Gasteiger partial charge in [-0.15, -0.1) is 10.2 Å². The summed E-state index contributed by atoms with van der Waals surface area (Å²) in [5.74, 6) is 1.39. The maximum absolute atomic E-state index is 12.2. The number of benzene rings is 2. The summed E-state index contributed by atoms with van der Waals surface area (Å²) in [5.41, 5.74) is 2.82. The molecule has 0 saturated heterocycles. The summed E-state index contributed by atoms with van der Waals surface area (Å²) >= 11 is 2.65. The minimum atomic E-state index is -0.166. The van der Waals surface area contributed by atoms with Gasteiger partial charge in [0.25, 0.3) is 5.22 Å². The molecule has 3 heterocycles. The number of thiazole rings is 1. The number of aromatic nitrogens is 5. The maximum Gasteiger partial charge on any atom is 0.277 e. The smallest absolute Gasteiger partial charge is 0.277 e. The van der Waals surface area contributed by atoms with Gasteiger partial charge in [-0.1, -0.05) is 47.4 Å². The van der Waals surface area contributed by atoms with Crippen LogP contribution in [0.25, 0.3) is 21.3 Å². The number of hydrogen-bond donors (Lipinski definition) is 2. The molecule has 0 spiro atoms. The van der Waals surface area contributed by atoms with Gasteiger partial charge < -0.3 is 14.7 Å². The van der Waals surface area contributed by atoms with Gasteiger partial charge in [-0.05, 0) is 24.3 Å². The van der Waals surface area contributed by atoms with Crippen molar-refractivity contribution in [3.63, 3.8) is 0 Å². The Morgan fingerprint density at radius 2 is 1.87 bits per heavy atom. The molecule has 0 saturated carbocycles. The van der Waals surface area contributed by atoms with Crippen molar-refractivity contribution in [3.8, 4) is 0 Å². The highest BCUT2D eigenvalue weighted by molar-refractivity contribution is 7.99. The van der Waals surface area contributed by atoms with Crippen LogP contribution in [0.5, 0.6) is 0 Å². The number of carbonyl (C=O) groups is 1. The Balaban J connectivity index is 1.13. The summed E-state index contributed by atoms with van der Waals surface area (Å²) < 4.78 is 6.67. The molecule has 0 aliphatic heterocycles. The zero-order valence-electron chi connectivity index (χ0n) is 15.7. The second-order valence-corrected chi connectivity index (χ2v) is 8.44. The van der Waals surface area contributed by atoms with E-state index in [0.717, 1.165) is 27.1 Å². The van der Waals surface area contributed by atoms with Crippen LogP contribution in [0.15, 0.2) is 58.2 Å². The van der Waals surface area contributed by atoms with Crippen LogP contribution in [0.1, 0.15) is 11.7 Å². The molecule has 8 nitrogen and oxygen atoms in total. The standard InChI is InChI=1S/C20H16N6O2S2/c27-17(24-19-23-14-7-3-4-8-15(14)30-19)11-29-20-26-25-18(28-20)10-9-16-21-12-5-1-2-6-13(12)22-16/h1-8H,9-11H2,(H,21,22)(H,23,24,27). The molecule has 3 aromatic heterocycles. The van der Waals surface area contributed by atoms with Gasteiger partial charge in [0.15, 0.2) is 5.13 Å². The number of aryl methyl sites for hydroxylation is 2. The average Bonchev–Trinajstić information content (AvgIpc) is 3.47. The number of amides is 1. The van der Waals surface area contributed by atoms with Crippen molar-refractivity contribution in [2.75, 3.05) is 11.1 Å². The summed E-state index contributed by atoms with van der Waals surface area (Å²) in [6.45, 7) is 0. The Bertz CT molecular complexity index is 1260. The van der Waals surface area contributed by atoms with Crippen molar-refractivity contribution < 1.29 is 9.21 Å². The van der Waals surface area contributed by atoms with Gasteiger partial charge in [-0.25, -0.2) is 9.97 Å². The van der Waals surface area contributed by atoms with E-state index in [0.29, 0.717) is 29.1 Å². The fraction of sp³-hybridized carbons (Fsp3) is 0.150. The highest BCUT2D eigenvalue weighted by atomic mass is 32.2. The van der Waals surface area contributed by atoms with Gasteiger partial charge in [-0.2, -0.15) is 0 Å². The number of H-pyrrole nitrogens is 1. The number of nitrogens with zero attached hydrogens (tertiary/aromatic N) is 4. The molecule has 0 atom stereocenters. The number of para-hydroxylation sites is 3. The van der Waals surface area contributed by atoms with Gasteiger partial charge >= 0.3 is 0 Å². The predicted octanol–water partition coefficient (Wildman–Crippen LogP) is 4.07. The number of carbonyl (C=O) groups excluding carboxylic acids is 1. The van der Waals surface area contributed by atoms with Crippen LogP contribution in [-0.2, 0) is 17.6 Å². The molecule has 5 aromatic rings. The fourth-order valence-corrected chi connectivity index (χ4v) is 4.42. The first-order valence-electron chi connectivity index (χ1n) is 9.27. The number of imidazole rings is 1. The first-order chi connectivity index (χ1) is 14.7. The zero-order chi connectivity index (χ0) is 20.3. The Labute approximate surface area is 179 Å². The van der Waals surface area contributed by atoms with Crippen LogP contribution in [0.4, 0.5) is 5.13 Å². The lowest BCUT2D eigenvalue weighted by Crippen LogP contribution is -2.13. The summed E-state index contributed by atoms with van der Waals surface area (Å²) in [5, 5.41) is 11.8. The van der Waals surface area contributed by atoms with Crippen molar-refractivity contribution in [1.29, 1.82) is 0 Å². The summed E-state index contributed by atoms with van der Waals surface area (Å²) in [6, 6.07) is 15.7. The van der Waals surface area contributed by atoms with Crippen molar-refractivity contribution in [2.45, 2.75) is 18.1 Å². The van der Waals surface area contributed by atoms with Crippen molar-refractivity contribution in [3.05, 3.63) is 60.2 Å². The van der Waals surface area contributed by atoms with E-state index < -0.39 is 0 Å². The molecule has 1 amide bonds. The minimum absolute atomic E-state index is 0.166. The third-order valence-corrected chi connectivity index (χ3v) is 6.10. The Hall–Kier alpha value is -3.24. The first kappa shape index (κ1) is 18.8. The van der Waals surface area contributed by atoms with E-state index in [9.17, 15) is 4.79 Å². The molecule has 5 rings (SSSR count). The summed E-state index contributed by atoms with van der Waals surface area (Å²) in [7, 11) is 0. The van der Waals surface area contributed by atoms with Gasteiger partial charge in [0.2, 0.25) is 11.8 Å². The van der Waals surface area contributed by atoms with Crippen LogP contribution in [0.2, 0.25) is 0 Å². The monoisotopic (exact) mass is 436 g/mol. The Morgan fingerprint density at radius 1 is 1.03 bits per heavy atom. The van der Waals surface area contributed by atoms with E-state index in [-0.39, 0.29) is 11.7 Å². The molecule has 2 N–H and O–H groups in total. The topological polar surface area (TPSA) is 110 Å². The molecule has 30 heavy (non-hydrogen) atoms. The lowest BCUT2D eigenvalue weighted by molar-refractivity contribution is -0.113. The van der Waals surface area contributed by atoms with E-state index >= 15 is 0 Å². The number of nitrogens with one attached hydrogen (secondary N) is 2. The number of anilines is 1. The van der Waals surface area contributed by atoms with Crippen LogP contribution >= 0.6 is 23.1 Å². The van der Waals surface area contributed by atoms with Gasteiger partial charge in [0.1, 0.15) is 5.82 Å². The van der Waals surface area contributed by atoms with E-state index in [1.807, 2.05) is 48.5 Å². The number of hydrogen-bond acceptors (Lipinski definition) is 8. The molecule has 0 aliphatic rings. The lowest BCUT2D eigenvalue weighted by atomic mass is 10.3. The summed E-state index contributed by atoms with van der Waals surface area (Å²) in [4.78, 5) is 24.4. The van der Waals surface area contributed by atoms with Crippen LogP contribution in [0, 0.1) is 0 Å². The van der Waals surface area contributed by atoms with Gasteiger partial charge in [0, 0.05) is 12.8 Å². The third-order valence-electron chi connectivity index (χ3n) is 4.33. The fourth-order valence-electron chi connectivity index (χ4n) is 2.96. The molecule has 0 fully saturated rings. The normalized spacial score (nSPS) is 11.3. The van der Waals surface area contributed by atoms with E-state index in [4.69, 9.17) is 4.42 Å². The SMILES string of the molecule is O=C(CSc1nnc(CCc2nc3ccccc3[nH]2)o1)Nc1nc2ccccc2s1. The highest BCUT2D eigenvalue weighted by Crippen LogP contribution is 2.26. The summed E-state index contributed by atoms with van der Waals surface area (Å²) in [6.07, 6.45) is 1.24. The predicted molar refractivity (Wildman–Crippen MR) is 117 cm³/mol. The van der Waals surface area contributed by atoms with Crippen LogP contribution in [-0.4, -0.2) is 36.8 Å². The Kier molecular flexibility index (Phi) is 5.16. The second kappa shape index (κ2) is 8.25. The van der Waals surface area contributed by atoms with Crippen LogP contribution in [0.3, 0.4) is 0 Å². The average molecular weight is 437 g/mol. The van der Waals surface area contributed by atoms with E-state index in [2.05, 4.69) is 30.5 Å². The molecular weight excluding hydrogens is 420 g/mol. The van der Waals surface area contributed by atoms with Crippen molar-refractivity contribution in [2.24, 2.45) is 0 Å². The number of aromatic amines is 1. The first-order valence-corrected chi connectivity index (χ1v) is 11.1. The maximum atomic E-state index is 12.2. The molecule has 10 heteroatoms. The molecule has 0 bridgehead atoms. The minimum Gasteiger partial charge on any atom is -0.416 e. The molecule has 0 radical (unpaired) electrons. The molecule has 150 valence electrons. The number of thioether (sulfide) groups is 1. The highest BCUT2D eigenvalue weighted by Gasteiger charge is 2.12. The van der Waals surface area contributed by atoms with E-state index in [1.165, 1.54) is 23.1 Å². The Morgan fingerprint density at radius 3 is 2.73 bits per heavy atom.